The molecule has 25 heavy (non-hydrogen) atoms. The van der Waals surface area contributed by atoms with Gasteiger partial charge in [-0.05, 0) is 65.3 Å². The molecule has 2 rings (SSSR count). The number of likely N-dealkylation sites (N-methyl/N-ethyl adjacent to an activating group) is 1. The van der Waals surface area contributed by atoms with Gasteiger partial charge < -0.3 is 14.4 Å². The van der Waals surface area contributed by atoms with Crippen molar-refractivity contribution in [2.45, 2.75) is 6.92 Å². The highest BCUT2D eigenvalue weighted by atomic mass is 79.9. The first kappa shape index (κ1) is 18.9. The highest BCUT2D eigenvalue weighted by molar-refractivity contribution is 9.10. The zero-order chi connectivity index (χ0) is 18.4. The Hall–Kier alpha value is -2.41. The van der Waals surface area contributed by atoms with Crippen LogP contribution < -0.4 is 9.64 Å². The summed E-state index contributed by atoms with van der Waals surface area (Å²) in [7, 11) is 1.49. The predicted octanol–water partition coefficient (Wildman–Crippen LogP) is 3.81. The Balaban J connectivity index is 2.05. The van der Waals surface area contributed by atoms with Gasteiger partial charge in [-0.25, -0.2) is 9.18 Å². The van der Waals surface area contributed by atoms with Crippen LogP contribution in [0.4, 0.5) is 10.1 Å². The van der Waals surface area contributed by atoms with Crippen LogP contribution in [0.5, 0.6) is 5.75 Å². The van der Waals surface area contributed by atoms with Gasteiger partial charge in [-0.2, -0.15) is 0 Å². The van der Waals surface area contributed by atoms with Crippen LogP contribution in [0, 0.1) is 5.82 Å². The molecule has 0 N–H and O–H groups in total. The zero-order valence-corrected chi connectivity index (χ0v) is 15.4. The molecule has 0 aliphatic heterocycles. The van der Waals surface area contributed by atoms with E-state index in [1.54, 1.807) is 19.1 Å². The van der Waals surface area contributed by atoms with Crippen molar-refractivity contribution < 1.29 is 23.5 Å². The molecule has 0 aliphatic carbocycles. The van der Waals surface area contributed by atoms with Gasteiger partial charge in [0.05, 0.1) is 12.7 Å². The Kier molecular flexibility index (Phi) is 6.52. The van der Waals surface area contributed by atoms with Crippen molar-refractivity contribution in [3.05, 3.63) is 58.3 Å². The minimum absolute atomic E-state index is 0.261. The van der Waals surface area contributed by atoms with E-state index >= 15 is 0 Å². The maximum absolute atomic E-state index is 13.0. The lowest BCUT2D eigenvalue weighted by atomic mass is 10.2. The first-order chi connectivity index (χ1) is 12.0. The summed E-state index contributed by atoms with van der Waals surface area (Å²) >= 11 is 3.27. The van der Waals surface area contributed by atoms with E-state index in [1.807, 2.05) is 0 Å². The summed E-state index contributed by atoms with van der Waals surface area (Å²) in [4.78, 5) is 25.9. The highest BCUT2D eigenvalue weighted by Gasteiger charge is 2.18. The molecule has 0 aliphatic rings. The average Bonchev–Trinajstić information content (AvgIpc) is 2.62. The van der Waals surface area contributed by atoms with Gasteiger partial charge in [0.2, 0.25) is 0 Å². The second-order valence-corrected chi connectivity index (χ2v) is 5.89. The van der Waals surface area contributed by atoms with Crippen LogP contribution in [0.3, 0.4) is 0 Å². The van der Waals surface area contributed by atoms with E-state index in [1.165, 1.54) is 42.3 Å². The standard InChI is InChI=1S/C18H17BrFNO4/c1-3-21(13-6-4-12(20)5-7-13)17(22)11-25-18(23)15-10-14(24-2)8-9-16(15)19/h4-10H,3,11H2,1-2H3. The van der Waals surface area contributed by atoms with Gasteiger partial charge in [0, 0.05) is 16.7 Å². The molecule has 0 fully saturated rings. The zero-order valence-electron chi connectivity index (χ0n) is 13.8. The van der Waals surface area contributed by atoms with Gasteiger partial charge in [-0.1, -0.05) is 0 Å². The SMILES string of the molecule is CCN(C(=O)COC(=O)c1cc(OC)ccc1Br)c1ccc(F)cc1. The van der Waals surface area contributed by atoms with E-state index in [9.17, 15) is 14.0 Å². The largest absolute Gasteiger partial charge is 0.497 e. The van der Waals surface area contributed by atoms with E-state index in [0.717, 1.165) is 0 Å². The predicted molar refractivity (Wildman–Crippen MR) is 95.4 cm³/mol. The number of anilines is 1. The first-order valence-electron chi connectivity index (χ1n) is 7.52. The van der Waals surface area contributed by atoms with Crippen LogP contribution in [0.1, 0.15) is 17.3 Å². The second-order valence-electron chi connectivity index (χ2n) is 5.04. The normalized spacial score (nSPS) is 10.2. The minimum atomic E-state index is -0.644. The molecule has 5 nitrogen and oxygen atoms in total. The fourth-order valence-corrected chi connectivity index (χ4v) is 2.60. The van der Waals surface area contributed by atoms with Gasteiger partial charge in [0.25, 0.3) is 5.91 Å². The van der Waals surface area contributed by atoms with Crippen LogP contribution in [-0.2, 0) is 9.53 Å². The van der Waals surface area contributed by atoms with Crippen LogP contribution >= 0.6 is 15.9 Å². The number of benzene rings is 2. The van der Waals surface area contributed by atoms with Crippen molar-refractivity contribution in [3.8, 4) is 5.75 Å². The maximum atomic E-state index is 13.0. The molecule has 0 saturated heterocycles. The summed E-state index contributed by atoms with van der Waals surface area (Å²) in [5, 5.41) is 0. The number of rotatable bonds is 6. The number of nitrogens with zero attached hydrogens (tertiary/aromatic N) is 1. The van der Waals surface area contributed by atoms with Crippen molar-refractivity contribution in [1.29, 1.82) is 0 Å². The molecule has 0 saturated carbocycles. The number of halogens is 2. The first-order valence-corrected chi connectivity index (χ1v) is 8.32. The van der Waals surface area contributed by atoms with E-state index in [2.05, 4.69) is 15.9 Å². The maximum Gasteiger partial charge on any atom is 0.339 e. The number of esters is 1. The molecule has 2 aromatic rings. The summed E-state index contributed by atoms with van der Waals surface area (Å²) in [6, 6.07) is 10.4. The molecule has 0 heterocycles. The van der Waals surface area contributed by atoms with Crippen molar-refractivity contribution >= 4 is 33.5 Å². The molecule has 0 atom stereocenters. The third-order valence-corrected chi connectivity index (χ3v) is 4.17. The van der Waals surface area contributed by atoms with Gasteiger partial charge in [0.15, 0.2) is 6.61 Å². The fraction of sp³-hybridized carbons (Fsp3) is 0.222. The number of hydrogen-bond acceptors (Lipinski definition) is 4. The second kappa shape index (κ2) is 8.62. The van der Waals surface area contributed by atoms with Crippen LogP contribution in [0.15, 0.2) is 46.9 Å². The lowest BCUT2D eigenvalue weighted by molar-refractivity contribution is -0.121. The average molecular weight is 410 g/mol. The van der Waals surface area contributed by atoms with E-state index in [0.29, 0.717) is 22.5 Å². The van der Waals surface area contributed by atoms with Crippen molar-refractivity contribution in [1.82, 2.24) is 0 Å². The quantitative estimate of drug-likeness (QED) is 0.680. The Morgan fingerprint density at radius 2 is 1.84 bits per heavy atom. The molecule has 132 valence electrons. The number of ether oxygens (including phenoxy) is 2. The molecule has 0 aromatic heterocycles. The molecule has 7 heteroatoms. The Morgan fingerprint density at radius 1 is 1.16 bits per heavy atom. The van der Waals surface area contributed by atoms with E-state index < -0.39 is 18.5 Å². The molecule has 1 amide bonds. The molecule has 2 aromatic carbocycles. The van der Waals surface area contributed by atoms with Crippen LogP contribution in [-0.4, -0.2) is 32.1 Å². The summed E-state index contributed by atoms with van der Waals surface area (Å²) < 4.78 is 23.7. The van der Waals surface area contributed by atoms with Gasteiger partial charge >= 0.3 is 5.97 Å². The van der Waals surface area contributed by atoms with Crippen LogP contribution in [0.25, 0.3) is 0 Å². The number of carbonyl (C=O) groups is 2. The molecule has 0 unspecified atom stereocenters. The minimum Gasteiger partial charge on any atom is -0.497 e. The topological polar surface area (TPSA) is 55.8 Å². The molecular formula is C18H17BrFNO4. The van der Waals surface area contributed by atoms with Gasteiger partial charge in [0.1, 0.15) is 11.6 Å². The number of hydrogen-bond donors (Lipinski definition) is 0. The Labute approximate surface area is 153 Å². The van der Waals surface area contributed by atoms with Crippen molar-refractivity contribution in [2.75, 3.05) is 25.2 Å². The summed E-state index contributed by atoms with van der Waals surface area (Å²) in [5.41, 5.74) is 0.796. The van der Waals surface area contributed by atoms with E-state index in [4.69, 9.17) is 9.47 Å². The number of methoxy groups -OCH3 is 1. The van der Waals surface area contributed by atoms with E-state index in [-0.39, 0.29) is 11.4 Å². The van der Waals surface area contributed by atoms with Gasteiger partial charge in [-0.15, -0.1) is 0 Å². The molecule has 0 radical (unpaired) electrons. The molecular weight excluding hydrogens is 393 g/mol. The molecule has 0 bridgehead atoms. The number of carbonyl (C=O) groups excluding carboxylic acids is 2. The summed E-state index contributed by atoms with van der Waals surface area (Å²) in [6.45, 7) is 1.72. The smallest absolute Gasteiger partial charge is 0.339 e. The van der Waals surface area contributed by atoms with Gasteiger partial charge in [-0.3, -0.25) is 4.79 Å². The number of amides is 1. The Bertz CT molecular complexity index is 764. The third kappa shape index (κ3) is 4.79. The van der Waals surface area contributed by atoms with Crippen LogP contribution in [0.2, 0.25) is 0 Å². The Morgan fingerprint density at radius 3 is 2.44 bits per heavy atom. The lowest BCUT2D eigenvalue weighted by Gasteiger charge is -2.21. The monoisotopic (exact) mass is 409 g/mol. The molecule has 0 spiro atoms. The summed E-state index contributed by atoms with van der Waals surface area (Å²) in [5.74, 6) is -0.930. The van der Waals surface area contributed by atoms with Crippen molar-refractivity contribution in [3.63, 3.8) is 0 Å². The fourth-order valence-electron chi connectivity index (χ4n) is 2.19. The summed E-state index contributed by atoms with van der Waals surface area (Å²) in [6.07, 6.45) is 0. The lowest BCUT2D eigenvalue weighted by Crippen LogP contribution is -2.34. The highest BCUT2D eigenvalue weighted by Crippen LogP contribution is 2.23. The van der Waals surface area contributed by atoms with Crippen molar-refractivity contribution in [2.24, 2.45) is 0 Å². The third-order valence-electron chi connectivity index (χ3n) is 3.48.